The summed E-state index contributed by atoms with van der Waals surface area (Å²) >= 11 is 0. The molecule has 1 fully saturated rings. The molecule has 0 atom stereocenters. The van der Waals surface area contributed by atoms with E-state index in [9.17, 15) is 5.02 Å². The lowest BCUT2D eigenvalue weighted by Gasteiger charge is -2.32. The summed E-state index contributed by atoms with van der Waals surface area (Å²) in [7, 11) is -0.280. The molecule has 0 aromatic carbocycles. The van der Waals surface area contributed by atoms with Crippen LogP contribution in [0.4, 0.5) is 0 Å². The Morgan fingerprint density at radius 2 is 2.10 bits per heavy atom. The molecule has 1 aliphatic heterocycles. The van der Waals surface area contributed by atoms with Crippen molar-refractivity contribution in [2.24, 2.45) is 0 Å². The standard InChI is InChI=1S/C7H16BNO/c1-7(2)5-4-6-9(7)8(3)10/h10H,4-6H2,1-3H3. The second-order valence-electron chi connectivity index (χ2n) is 3.74. The monoisotopic (exact) mass is 141 g/mol. The second-order valence-corrected chi connectivity index (χ2v) is 3.74. The molecule has 0 aromatic heterocycles. The highest BCUT2D eigenvalue weighted by Gasteiger charge is 2.35. The molecule has 1 N–H and O–H groups in total. The maximum absolute atomic E-state index is 9.31. The van der Waals surface area contributed by atoms with Crippen LogP contribution in [0.25, 0.3) is 0 Å². The van der Waals surface area contributed by atoms with E-state index in [0.717, 1.165) is 6.54 Å². The molecule has 1 heterocycles. The lowest BCUT2D eigenvalue weighted by Crippen LogP contribution is -2.46. The Morgan fingerprint density at radius 3 is 2.30 bits per heavy atom. The second kappa shape index (κ2) is 2.55. The molecule has 0 radical (unpaired) electrons. The van der Waals surface area contributed by atoms with Gasteiger partial charge in [0.05, 0.1) is 0 Å². The van der Waals surface area contributed by atoms with Crippen molar-refractivity contribution in [3.8, 4) is 0 Å². The van der Waals surface area contributed by atoms with Gasteiger partial charge in [-0.15, -0.1) is 0 Å². The summed E-state index contributed by atoms with van der Waals surface area (Å²) in [5.74, 6) is 0. The van der Waals surface area contributed by atoms with Gasteiger partial charge in [-0.1, -0.05) is 0 Å². The molecule has 3 heteroatoms. The van der Waals surface area contributed by atoms with Gasteiger partial charge in [0.2, 0.25) is 0 Å². The molecule has 1 saturated heterocycles. The van der Waals surface area contributed by atoms with Crippen molar-refractivity contribution < 1.29 is 5.02 Å². The van der Waals surface area contributed by atoms with Crippen molar-refractivity contribution >= 4 is 7.05 Å². The first-order valence-corrected chi connectivity index (χ1v) is 3.99. The molecule has 0 bridgehead atoms. The summed E-state index contributed by atoms with van der Waals surface area (Å²) in [5, 5.41) is 9.31. The predicted molar refractivity (Wildman–Crippen MR) is 43.9 cm³/mol. The fraction of sp³-hybridized carbons (Fsp3) is 1.00. The molecule has 10 heavy (non-hydrogen) atoms. The smallest absolute Gasteiger partial charge is 0.376 e. The number of hydrogen-bond donors (Lipinski definition) is 1. The van der Waals surface area contributed by atoms with Crippen LogP contribution in [-0.4, -0.2) is 29.0 Å². The van der Waals surface area contributed by atoms with Crippen LogP contribution >= 0.6 is 0 Å². The van der Waals surface area contributed by atoms with Crippen molar-refractivity contribution in [1.82, 2.24) is 4.81 Å². The van der Waals surface area contributed by atoms with Gasteiger partial charge in [0, 0.05) is 5.54 Å². The fourth-order valence-electron chi connectivity index (χ4n) is 1.82. The Labute approximate surface area is 63.4 Å². The lowest BCUT2D eigenvalue weighted by molar-refractivity contribution is 0.259. The average Bonchev–Trinajstić information content (AvgIpc) is 2.08. The molecule has 0 aliphatic carbocycles. The molecule has 0 unspecified atom stereocenters. The van der Waals surface area contributed by atoms with E-state index in [1.165, 1.54) is 12.8 Å². The largest absolute Gasteiger partial charge is 0.437 e. The van der Waals surface area contributed by atoms with Crippen LogP contribution in [0.5, 0.6) is 0 Å². The first kappa shape index (κ1) is 8.09. The van der Waals surface area contributed by atoms with E-state index in [1.807, 2.05) is 6.82 Å². The quantitative estimate of drug-likeness (QED) is 0.550. The van der Waals surface area contributed by atoms with Gasteiger partial charge in [0.1, 0.15) is 0 Å². The SMILES string of the molecule is CB(O)N1CCCC1(C)C. The third-order valence-corrected chi connectivity index (χ3v) is 2.42. The van der Waals surface area contributed by atoms with Crippen molar-refractivity contribution in [2.45, 2.75) is 39.1 Å². The summed E-state index contributed by atoms with van der Waals surface area (Å²) in [4.78, 5) is 2.15. The number of rotatable bonds is 1. The minimum absolute atomic E-state index is 0.216. The lowest BCUT2D eigenvalue weighted by atomic mass is 9.81. The zero-order valence-electron chi connectivity index (χ0n) is 7.09. The molecule has 0 spiro atoms. The Bertz CT molecular complexity index is 125. The molecular formula is C7H16BNO. The Morgan fingerprint density at radius 1 is 1.50 bits per heavy atom. The highest BCUT2D eigenvalue weighted by atomic mass is 16.2. The highest BCUT2D eigenvalue weighted by molar-refractivity contribution is 6.45. The maximum Gasteiger partial charge on any atom is 0.376 e. The van der Waals surface area contributed by atoms with E-state index in [1.54, 1.807) is 0 Å². The summed E-state index contributed by atoms with van der Waals surface area (Å²) in [5.41, 5.74) is 0.216. The van der Waals surface area contributed by atoms with Crippen LogP contribution in [-0.2, 0) is 0 Å². The normalized spacial score (nSPS) is 25.2. The van der Waals surface area contributed by atoms with Gasteiger partial charge in [-0.2, -0.15) is 0 Å². The van der Waals surface area contributed by atoms with Crippen LogP contribution in [0, 0.1) is 0 Å². The molecule has 1 rings (SSSR count). The fourth-order valence-corrected chi connectivity index (χ4v) is 1.82. The van der Waals surface area contributed by atoms with Gasteiger partial charge in [0.25, 0.3) is 0 Å². The average molecular weight is 141 g/mol. The zero-order valence-corrected chi connectivity index (χ0v) is 7.09. The summed E-state index contributed by atoms with van der Waals surface area (Å²) in [6.45, 7) is 7.26. The van der Waals surface area contributed by atoms with Crippen LogP contribution in [0.3, 0.4) is 0 Å². The van der Waals surface area contributed by atoms with Crippen LogP contribution in [0.2, 0.25) is 6.82 Å². The van der Waals surface area contributed by atoms with Crippen LogP contribution in [0.15, 0.2) is 0 Å². The molecule has 1 aliphatic rings. The van der Waals surface area contributed by atoms with Crippen molar-refractivity contribution in [3.05, 3.63) is 0 Å². The minimum Gasteiger partial charge on any atom is -0.437 e. The van der Waals surface area contributed by atoms with Gasteiger partial charge < -0.3 is 9.83 Å². The summed E-state index contributed by atoms with van der Waals surface area (Å²) in [6, 6.07) is 0. The maximum atomic E-state index is 9.31. The Hall–Kier alpha value is -0.0151. The van der Waals surface area contributed by atoms with Crippen LogP contribution in [0.1, 0.15) is 26.7 Å². The first-order valence-electron chi connectivity index (χ1n) is 3.99. The van der Waals surface area contributed by atoms with E-state index in [0.29, 0.717) is 0 Å². The van der Waals surface area contributed by atoms with Crippen molar-refractivity contribution in [1.29, 1.82) is 0 Å². The first-order chi connectivity index (χ1) is 4.54. The third kappa shape index (κ3) is 1.35. The summed E-state index contributed by atoms with van der Waals surface area (Å²) in [6.07, 6.45) is 2.43. The van der Waals surface area contributed by atoms with Gasteiger partial charge in [0.15, 0.2) is 0 Å². The Kier molecular flexibility index (Phi) is 2.06. The number of hydrogen-bond acceptors (Lipinski definition) is 2. The number of nitrogens with zero attached hydrogens (tertiary/aromatic N) is 1. The molecule has 0 amide bonds. The Balaban J connectivity index is 2.59. The zero-order chi connectivity index (χ0) is 7.78. The van der Waals surface area contributed by atoms with E-state index in [-0.39, 0.29) is 12.6 Å². The molecular weight excluding hydrogens is 125 g/mol. The highest BCUT2D eigenvalue weighted by Crippen LogP contribution is 2.28. The van der Waals surface area contributed by atoms with Gasteiger partial charge in [-0.3, -0.25) is 0 Å². The van der Waals surface area contributed by atoms with Crippen molar-refractivity contribution in [3.63, 3.8) is 0 Å². The topological polar surface area (TPSA) is 23.5 Å². The molecule has 58 valence electrons. The van der Waals surface area contributed by atoms with E-state index in [2.05, 4.69) is 18.7 Å². The van der Waals surface area contributed by atoms with Gasteiger partial charge >= 0.3 is 7.05 Å². The van der Waals surface area contributed by atoms with E-state index >= 15 is 0 Å². The van der Waals surface area contributed by atoms with Crippen molar-refractivity contribution in [2.75, 3.05) is 6.54 Å². The van der Waals surface area contributed by atoms with Crippen LogP contribution < -0.4 is 0 Å². The van der Waals surface area contributed by atoms with Gasteiger partial charge in [-0.25, -0.2) is 0 Å². The summed E-state index contributed by atoms with van der Waals surface area (Å²) < 4.78 is 0. The third-order valence-electron chi connectivity index (χ3n) is 2.42. The molecule has 2 nitrogen and oxygen atoms in total. The van der Waals surface area contributed by atoms with E-state index < -0.39 is 0 Å². The predicted octanol–water partition coefficient (Wildman–Crippen LogP) is 0.971. The molecule has 0 aromatic rings. The molecule has 0 saturated carbocycles. The van der Waals surface area contributed by atoms with E-state index in [4.69, 9.17) is 0 Å². The van der Waals surface area contributed by atoms with Gasteiger partial charge in [-0.05, 0) is 40.1 Å². The minimum atomic E-state index is -0.280.